The zero-order valence-corrected chi connectivity index (χ0v) is 6.97. The fourth-order valence-electron chi connectivity index (χ4n) is 0.967. The fraction of sp³-hybridized carbons (Fsp3) is 0. The lowest BCUT2D eigenvalue weighted by atomic mass is 10.2. The molecule has 2 aromatic rings. The first-order chi connectivity index (χ1) is 5.88. The highest BCUT2D eigenvalue weighted by Gasteiger charge is 1.99. The van der Waals surface area contributed by atoms with E-state index in [1.807, 2.05) is 6.07 Å². The van der Waals surface area contributed by atoms with E-state index >= 15 is 0 Å². The molecule has 0 bridgehead atoms. The highest BCUT2D eigenvalue weighted by Crippen LogP contribution is 2.18. The predicted molar refractivity (Wildman–Crippen MR) is 47.1 cm³/mol. The number of nitrogens with zero attached hydrogens (tertiary/aromatic N) is 1. The van der Waals surface area contributed by atoms with Gasteiger partial charge in [0.15, 0.2) is 0 Å². The summed E-state index contributed by atoms with van der Waals surface area (Å²) in [5, 5.41) is 0. The molecule has 0 aliphatic heterocycles. The number of rotatable bonds is 1. The zero-order valence-electron chi connectivity index (χ0n) is 6.15. The Hall–Kier alpha value is -1.42. The third kappa shape index (κ3) is 1.16. The Balaban J connectivity index is 2.63. The Labute approximate surface area is 74.1 Å². The average Bonchev–Trinajstić information content (AvgIpc) is 2.57. The van der Waals surface area contributed by atoms with Crippen molar-refractivity contribution in [1.82, 2.24) is 9.97 Å². The molecule has 60 valence electrons. The van der Waals surface area contributed by atoms with Crippen molar-refractivity contribution in [3.05, 3.63) is 35.8 Å². The molecule has 0 amide bonds. The summed E-state index contributed by atoms with van der Waals surface area (Å²) in [6, 6.07) is 1.85. The van der Waals surface area contributed by atoms with Crippen LogP contribution in [-0.2, 0) is 0 Å². The van der Waals surface area contributed by atoms with Crippen LogP contribution in [0.25, 0.3) is 11.1 Å². The van der Waals surface area contributed by atoms with Crippen LogP contribution in [0.5, 0.6) is 0 Å². The van der Waals surface area contributed by atoms with Gasteiger partial charge in [-0.25, -0.2) is 4.98 Å². The number of nitrogens with one attached hydrogen (secondary N) is 1. The van der Waals surface area contributed by atoms with Crippen LogP contribution in [0, 0.1) is 4.64 Å². The van der Waals surface area contributed by atoms with Gasteiger partial charge in [-0.1, -0.05) is 12.2 Å². The van der Waals surface area contributed by atoms with Crippen LogP contribution in [0.1, 0.15) is 0 Å². The van der Waals surface area contributed by atoms with Gasteiger partial charge in [0.2, 0.25) is 0 Å². The molecule has 4 heteroatoms. The van der Waals surface area contributed by atoms with Crippen LogP contribution in [0.3, 0.4) is 0 Å². The third-order valence-electron chi connectivity index (χ3n) is 1.55. The van der Waals surface area contributed by atoms with Crippen LogP contribution in [-0.4, -0.2) is 9.97 Å². The lowest BCUT2D eigenvalue weighted by Gasteiger charge is -1.93. The van der Waals surface area contributed by atoms with Crippen molar-refractivity contribution in [2.45, 2.75) is 0 Å². The van der Waals surface area contributed by atoms with E-state index in [2.05, 4.69) is 9.97 Å². The van der Waals surface area contributed by atoms with E-state index in [0.717, 1.165) is 11.1 Å². The Kier molecular flexibility index (Phi) is 1.75. The number of furan rings is 1. The third-order valence-corrected chi connectivity index (χ3v) is 1.89. The minimum atomic E-state index is 0.673. The van der Waals surface area contributed by atoms with E-state index in [1.54, 1.807) is 25.1 Å². The average molecular weight is 178 g/mol. The smallest absolute Gasteiger partial charge is 0.113 e. The first kappa shape index (κ1) is 7.24. The van der Waals surface area contributed by atoms with Crippen molar-refractivity contribution in [3.8, 4) is 11.1 Å². The minimum absolute atomic E-state index is 0.673. The maximum absolute atomic E-state index is 5.06. The maximum Gasteiger partial charge on any atom is 0.113 e. The summed E-state index contributed by atoms with van der Waals surface area (Å²) in [6.07, 6.45) is 6.52. The van der Waals surface area contributed by atoms with Crippen LogP contribution in [0.15, 0.2) is 35.5 Å². The van der Waals surface area contributed by atoms with E-state index in [1.165, 1.54) is 0 Å². The van der Waals surface area contributed by atoms with Crippen LogP contribution in [0.2, 0.25) is 0 Å². The van der Waals surface area contributed by atoms with Crippen molar-refractivity contribution in [1.29, 1.82) is 0 Å². The first-order valence-corrected chi connectivity index (χ1v) is 3.84. The highest BCUT2D eigenvalue weighted by atomic mass is 32.1. The van der Waals surface area contributed by atoms with Crippen LogP contribution in [0.4, 0.5) is 0 Å². The van der Waals surface area contributed by atoms with Gasteiger partial charge in [-0.15, -0.1) is 0 Å². The lowest BCUT2D eigenvalue weighted by molar-refractivity contribution is 0.568. The van der Waals surface area contributed by atoms with E-state index in [0.29, 0.717) is 4.64 Å². The molecule has 0 radical (unpaired) electrons. The Morgan fingerprint density at radius 1 is 1.50 bits per heavy atom. The van der Waals surface area contributed by atoms with Gasteiger partial charge < -0.3 is 9.40 Å². The summed E-state index contributed by atoms with van der Waals surface area (Å²) < 4.78 is 5.61. The molecule has 0 saturated heterocycles. The van der Waals surface area contributed by atoms with Gasteiger partial charge in [-0.2, -0.15) is 0 Å². The Morgan fingerprint density at radius 2 is 2.42 bits per heavy atom. The first-order valence-electron chi connectivity index (χ1n) is 3.43. The molecule has 0 fully saturated rings. The van der Waals surface area contributed by atoms with Crippen molar-refractivity contribution in [2.24, 2.45) is 0 Å². The standard InChI is InChI=1S/C8H6N2OS/c12-8-7(3-9-5-10-8)6-1-2-11-4-6/h1-5H,(H,9,10,12). The Bertz CT molecular complexity index is 419. The molecule has 12 heavy (non-hydrogen) atoms. The van der Waals surface area contributed by atoms with Gasteiger partial charge in [0.05, 0.1) is 18.9 Å². The molecule has 0 saturated carbocycles. The second kappa shape index (κ2) is 2.91. The summed E-state index contributed by atoms with van der Waals surface area (Å²) in [5.41, 5.74) is 1.84. The molecule has 0 aromatic carbocycles. The molecule has 0 unspecified atom stereocenters. The monoisotopic (exact) mass is 178 g/mol. The van der Waals surface area contributed by atoms with E-state index < -0.39 is 0 Å². The number of hydrogen-bond acceptors (Lipinski definition) is 3. The van der Waals surface area contributed by atoms with Gasteiger partial charge in [-0.05, 0) is 6.07 Å². The summed E-state index contributed by atoms with van der Waals surface area (Å²) in [4.78, 5) is 6.79. The molecule has 0 spiro atoms. The topological polar surface area (TPSA) is 41.8 Å². The molecule has 0 atom stereocenters. The van der Waals surface area contributed by atoms with Gasteiger partial charge in [0, 0.05) is 17.3 Å². The normalized spacial score (nSPS) is 10.0. The van der Waals surface area contributed by atoms with Gasteiger partial charge >= 0.3 is 0 Å². The van der Waals surface area contributed by atoms with Gasteiger partial charge in [0.25, 0.3) is 0 Å². The van der Waals surface area contributed by atoms with Gasteiger partial charge in [0.1, 0.15) is 4.64 Å². The van der Waals surface area contributed by atoms with E-state index in [4.69, 9.17) is 16.6 Å². The molecular weight excluding hydrogens is 172 g/mol. The second-order valence-corrected chi connectivity index (χ2v) is 2.71. The number of aromatic amines is 1. The molecule has 1 N–H and O–H groups in total. The molecule has 3 nitrogen and oxygen atoms in total. The van der Waals surface area contributed by atoms with Crippen molar-refractivity contribution >= 4 is 12.2 Å². The summed E-state index contributed by atoms with van der Waals surface area (Å²) in [7, 11) is 0. The number of H-pyrrole nitrogens is 1. The maximum atomic E-state index is 5.06. The molecule has 2 rings (SSSR count). The Morgan fingerprint density at radius 3 is 3.08 bits per heavy atom. The molecule has 0 aliphatic carbocycles. The number of aromatic nitrogens is 2. The summed E-state index contributed by atoms with van der Waals surface area (Å²) in [6.45, 7) is 0. The second-order valence-electron chi connectivity index (χ2n) is 2.31. The summed E-state index contributed by atoms with van der Waals surface area (Å²) in [5.74, 6) is 0. The van der Waals surface area contributed by atoms with E-state index in [9.17, 15) is 0 Å². The molecule has 0 aliphatic rings. The lowest BCUT2D eigenvalue weighted by Crippen LogP contribution is -1.81. The van der Waals surface area contributed by atoms with Crippen LogP contribution < -0.4 is 0 Å². The molecule has 2 aromatic heterocycles. The highest BCUT2D eigenvalue weighted by molar-refractivity contribution is 7.71. The minimum Gasteiger partial charge on any atom is -0.472 e. The fourth-order valence-corrected chi connectivity index (χ4v) is 1.19. The van der Waals surface area contributed by atoms with Gasteiger partial charge in [-0.3, -0.25) is 0 Å². The quantitative estimate of drug-likeness (QED) is 0.682. The molecular formula is C8H6N2OS. The number of hydrogen-bond donors (Lipinski definition) is 1. The van der Waals surface area contributed by atoms with E-state index in [-0.39, 0.29) is 0 Å². The van der Waals surface area contributed by atoms with Crippen LogP contribution >= 0.6 is 12.2 Å². The van der Waals surface area contributed by atoms with Crippen molar-refractivity contribution in [2.75, 3.05) is 0 Å². The predicted octanol–water partition coefficient (Wildman–Crippen LogP) is 2.40. The van der Waals surface area contributed by atoms with Crippen molar-refractivity contribution < 1.29 is 4.42 Å². The zero-order chi connectivity index (χ0) is 8.39. The SMILES string of the molecule is S=c1[nH]cncc1-c1ccoc1. The van der Waals surface area contributed by atoms with Crippen molar-refractivity contribution in [3.63, 3.8) is 0 Å². The molecule has 2 heterocycles. The largest absolute Gasteiger partial charge is 0.472 e. The summed E-state index contributed by atoms with van der Waals surface area (Å²) >= 11 is 5.06.